The van der Waals surface area contributed by atoms with Gasteiger partial charge in [0, 0.05) is 19.3 Å². The van der Waals surface area contributed by atoms with Gasteiger partial charge in [-0.3, -0.25) is 14.4 Å². The average molecular weight is 853 g/mol. The molecule has 0 radical (unpaired) electrons. The van der Waals surface area contributed by atoms with Gasteiger partial charge in [0.15, 0.2) is 6.10 Å². The lowest BCUT2D eigenvalue weighted by molar-refractivity contribution is -0.167. The van der Waals surface area contributed by atoms with Crippen molar-refractivity contribution in [2.24, 2.45) is 0 Å². The maximum absolute atomic E-state index is 12.8. The Kier molecular flexibility index (Phi) is 47.4. The first-order valence-electron chi connectivity index (χ1n) is 25.8. The molecule has 0 aromatic heterocycles. The zero-order valence-electron chi connectivity index (χ0n) is 40.2. The molecule has 0 saturated carbocycles. The molecule has 0 aromatic rings. The second kappa shape index (κ2) is 49.8. The normalized spacial score (nSPS) is 12.5. The highest BCUT2D eigenvalue weighted by molar-refractivity contribution is 5.71. The number of allylic oxidation sites excluding steroid dienone is 10. The molecule has 0 rings (SSSR count). The van der Waals surface area contributed by atoms with Gasteiger partial charge in [0.2, 0.25) is 0 Å². The average Bonchev–Trinajstić information content (AvgIpc) is 3.26. The third-order valence-electron chi connectivity index (χ3n) is 11.0. The van der Waals surface area contributed by atoms with Gasteiger partial charge in [-0.2, -0.15) is 0 Å². The van der Waals surface area contributed by atoms with Crippen LogP contribution in [0.4, 0.5) is 0 Å². The van der Waals surface area contributed by atoms with Gasteiger partial charge in [-0.25, -0.2) is 0 Å². The predicted molar refractivity (Wildman–Crippen MR) is 261 cm³/mol. The summed E-state index contributed by atoms with van der Waals surface area (Å²) in [6.45, 7) is 6.41. The molecule has 0 fully saturated rings. The smallest absolute Gasteiger partial charge is 0.306 e. The molecule has 0 saturated heterocycles. The van der Waals surface area contributed by atoms with E-state index in [2.05, 4.69) is 81.5 Å². The fraction of sp³-hybridized carbons (Fsp3) is 0.764. The Bertz CT molecular complexity index is 1120. The van der Waals surface area contributed by atoms with Gasteiger partial charge in [0.05, 0.1) is 0 Å². The van der Waals surface area contributed by atoms with Gasteiger partial charge in [-0.05, 0) is 77.0 Å². The van der Waals surface area contributed by atoms with E-state index in [0.29, 0.717) is 19.3 Å². The molecule has 0 spiro atoms. The van der Waals surface area contributed by atoms with Crippen LogP contribution in [0.5, 0.6) is 0 Å². The van der Waals surface area contributed by atoms with Crippen LogP contribution in [0.3, 0.4) is 0 Å². The van der Waals surface area contributed by atoms with Crippen LogP contribution in [0.2, 0.25) is 0 Å². The van der Waals surface area contributed by atoms with Gasteiger partial charge in [0.1, 0.15) is 13.2 Å². The van der Waals surface area contributed by atoms with Crippen molar-refractivity contribution in [1.82, 2.24) is 0 Å². The van der Waals surface area contributed by atoms with E-state index in [1.165, 1.54) is 116 Å². The van der Waals surface area contributed by atoms with Crippen LogP contribution in [0, 0.1) is 0 Å². The largest absolute Gasteiger partial charge is 0.462 e. The molecule has 0 aliphatic heterocycles. The fourth-order valence-corrected chi connectivity index (χ4v) is 7.20. The highest BCUT2D eigenvalue weighted by atomic mass is 16.6. The lowest BCUT2D eigenvalue weighted by atomic mass is 10.1. The number of hydrogen-bond acceptors (Lipinski definition) is 6. The molecule has 6 nitrogen and oxygen atoms in total. The molecule has 0 aromatic carbocycles. The Morgan fingerprint density at radius 3 is 1.00 bits per heavy atom. The summed E-state index contributed by atoms with van der Waals surface area (Å²) in [6, 6.07) is 0. The molecule has 61 heavy (non-hydrogen) atoms. The van der Waals surface area contributed by atoms with E-state index < -0.39 is 6.10 Å². The minimum atomic E-state index is -0.777. The summed E-state index contributed by atoms with van der Waals surface area (Å²) in [6.07, 6.45) is 60.6. The van der Waals surface area contributed by atoms with Crippen molar-refractivity contribution in [1.29, 1.82) is 0 Å². The minimum absolute atomic E-state index is 0.0774. The third kappa shape index (κ3) is 48.0. The number of carbonyl (C=O) groups is 3. The molecule has 0 heterocycles. The number of hydrogen-bond donors (Lipinski definition) is 0. The Balaban J connectivity index is 4.32. The summed E-state index contributed by atoms with van der Waals surface area (Å²) in [5.41, 5.74) is 0. The van der Waals surface area contributed by atoms with Crippen LogP contribution >= 0.6 is 0 Å². The van der Waals surface area contributed by atoms with Crippen LogP contribution in [0.1, 0.15) is 252 Å². The second-order valence-electron chi connectivity index (χ2n) is 17.0. The zero-order valence-corrected chi connectivity index (χ0v) is 40.2. The van der Waals surface area contributed by atoms with Crippen LogP contribution in [0.25, 0.3) is 0 Å². The van der Waals surface area contributed by atoms with E-state index in [0.717, 1.165) is 96.3 Å². The summed E-state index contributed by atoms with van der Waals surface area (Å²) in [5, 5.41) is 0. The molecule has 0 bridgehead atoms. The van der Waals surface area contributed by atoms with Gasteiger partial charge >= 0.3 is 17.9 Å². The molecule has 1 atom stereocenters. The molecule has 352 valence electrons. The molecule has 0 aliphatic carbocycles. The summed E-state index contributed by atoms with van der Waals surface area (Å²) in [7, 11) is 0. The van der Waals surface area contributed by atoms with E-state index in [1.54, 1.807) is 0 Å². The molecular formula is C55H96O6. The molecular weight excluding hydrogens is 757 g/mol. The number of rotatable bonds is 46. The first kappa shape index (κ1) is 58.1. The van der Waals surface area contributed by atoms with Crippen LogP contribution in [-0.4, -0.2) is 37.2 Å². The summed E-state index contributed by atoms with van der Waals surface area (Å²) < 4.78 is 16.8. The predicted octanol–water partition coefficient (Wildman–Crippen LogP) is 16.9. The third-order valence-corrected chi connectivity index (χ3v) is 11.0. The number of unbranched alkanes of at least 4 members (excludes halogenated alkanes) is 25. The lowest BCUT2D eigenvalue weighted by Gasteiger charge is -2.18. The zero-order chi connectivity index (χ0) is 44.4. The number of esters is 3. The SMILES string of the molecule is CC/C=C\C/C=C\C/C=C\CCCCCCCCCCCC(=O)OCC(COC(=O)CCCCCCCCCCCC)OC(=O)CCCCCCCCC/C=C\C/C=C\CC. The van der Waals surface area contributed by atoms with E-state index >= 15 is 0 Å². The fourth-order valence-electron chi connectivity index (χ4n) is 7.20. The van der Waals surface area contributed by atoms with E-state index in [9.17, 15) is 14.4 Å². The first-order chi connectivity index (χ1) is 30.0. The maximum atomic E-state index is 12.8. The van der Waals surface area contributed by atoms with Crippen molar-refractivity contribution in [2.45, 2.75) is 258 Å². The van der Waals surface area contributed by atoms with Crippen LogP contribution in [-0.2, 0) is 28.6 Å². The maximum Gasteiger partial charge on any atom is 0.306 e. The molecule has 1 unspecified atom stereocenters. The van der Waals surface area contributed by atoms with Gasteiger partial charge in [-0.1, -0.05) is 216 Å². The van der Waals surface area contributed by atoms with Crippen LogP contribution < -0.4 is 0 Å². The van der Waals surface area contributed by atoms with E-state index in [-0.39, 0.29) is 31.1 Å². The van der Waals surface area contributed by atoms with Crippen molar-refractivity contribution in [3.8, 4) is 0 Å². The van der Waals surface area contributed by atoms with Crippen molar-refractivity contribution in [2.75, 3.05) is 13.2 Å². The van der Waals surface area contributed by atoms with E-state index in [1.807, 2.05) is 0 Å². The number of carbonyl (C=O) groups excluding carboxylic acids is 3. The second-order valence-corrected chi connectivity index (χ2v) is 17.0. The molecule has 6 heteroatoms. The molecule has 0 aliphatic rings. The van der Waals surface area contributed by atoms with Crippen molar-refractivity contribution < 1.29 is 28.6 Å². The minimum Gasteiger partial charge on any atom is -0.462 e. The quantitative estimate of drug-likeness (QED) is 0.0263. The number of ether oxygens (including phenoxy) is 3. The van der Waals surface area contributed by atoms with Crippen molar-refractivity contribution in [3.63, 3.8) is 0 Å². The van der Waals surface area contributed by atoms with Gasteiger partial charge in [-0.15, -0.1) is 0 Å². The van der Waals surface area contributed by atoms with Crippen molar-refractivity contribution in [3.05, 3.63) is 60.8 Å². The molecule has 0 amide bonds. The highest BCUT2D eigenvalue weighted by Crippen LogP contribution is 2.15. The topological polar surface area (TPSA) is 78.9 Å². The Morgan fingerprint density at radius 1 is 0.344 bits per heavy atom. The van der Waals surface area contributed by atoms with Gasteiger partial charge in [0.25, 0.3) is 0 Å². The monoisotopic (exact) mass is 853 g/mol. The first-order valence-corrected chi connectivity index (χ1v) is 25.8. The Morgan fingerprint density at radius 2 is 0.639 bits per heavy atom. The standard InChI is InChI=1S/C55H96O6/c1-4-7-10-13-16-19-22-24-26-27-28-29-30-32-33-36-39-42-45-48-54(57)60-51-52(50-59-53(56)47-44-41-38-35-21-18-15-12-9-6-3)61-55(58)49-46-43-40-37-34-31-25-23-20-17-14-11-8-5-2/h7-8,10-11,16-17,19-20,24,26,52H,4-6,9,12-15,18,21-23,25,27-51H2,1-3H3/b10-7-,11-8-,19-16-,20-17-,26-24-. The highest BCUT2D eigenvalue weighted by Gasteiger charge is 2.19. The van der Waals surface area contributed by atoms with Gasteiger partial charge < -0.3 is 14.2 Å². The van der Waals surface area contributed by atoms with E-state index in [4.69, 9.17) is 14.2 Å². The summed E-state index contributed by atoms with van der Waals surface area (Å²) >= 11 is 0. The Hall–Kier alpha value is -2.89. The van der Waals surface area contributed by atoms with Crippen LogP contribution in [0.15, 0.2) is 60.8 Å². The Labute approximate surface area is 377 Å². The summed E-state index contributed by atoms with van der Waals surface area (Å²) in [5.74, 6) is -0.888. The lowest BCUT2D eigenvalue weighted by Crippen LogP contribution is -2.30. The van der Waals surface area contributed by atoms with Crippen molar-refractivity contribution >= 4 is 17.9 Å². The molecule has 0 N–H and O–H groups in total. The summed E-state index contributed by atoms with van der Waals surface area (Å²) in [4.78, 5) is 37.9.